The molecule has 2 N–H and O–H groups in total. The summed E-state index contributed by atoms with van der Waals surface area (Å²) in [4.78, 5) is 36.0. The van der Waals surface area contributed by atoms with Crippen LogP contribution in [-0.2, 0) is 19.1 Å². The van der Waals surface area contributed by atoms with E-state index in [0.717, 1.165) is 0 Å². The van der Waals surface area contributed by atoms with Gasteiger partial charge in [-0.2, -0.15) is 0 Å². The van der Waals surface area contributed by atoms with Gasteiger partial charge in [-0.3, -0.25) is 14.4 Å². The Morgan fingerprint density at radius 1 is 0.829 bits per heavy atom. The third-order valence-corrected chi connectivity index (χ3v) is 5.11. The van der Waals surface area contributed by atoms with Crippen LogP contribution in [0.4, 0.5) is 11.4 Å². The van der Waals surface area contributed by atoms with Crippen LogP contribution in [0.2, 0.25) is 10.0 Å². The molecule has 0 aliphatic rings. The molecule has 182 valence electrons. The minimum atomic E-state index is -0.682. The number of nitrogens with one attached hydrogen (secondary N) is 2. The van der Waals surface area contributed by atoms with E-state index in [1.807, 2.05) is 12.1 Å². The summed E-state index contributed by atoms with van der Waals surface area (Å²) in [6, 6.07) is 18.6. The van der Waals surface area contributed by atoms with E-state index >= 15 is 0 Å². The van der Waals surface area contributed by atoms with Crippen molar-refractivity contribution < 1.29 is 28.6 Å². The smallest absolute Gasteiger partial charge is 0.306 e. The van der Waals surface area contributed by atoms with Gasteiger partial charge < -0.3 is 24.8 Å². The van der Waals surface area contributed by atoms with Gasteiger partial charge in [0, 0.05) is 17.1 Å². The van der Waals surface area contributed by atoms with Crippen molar-refractivity contribution in [1.29, 1.82) is 0 Å². The number of anilines is 2. The zero-order chi connectivity index (χ0) is 25.2. The topological polar surface area (TPSA) is 103 Å². The Kier molecular flexibility index (Phi) is 9.34. The van der Waals surface area contributed by atoms with Gasteiger partial charge >= 0.3 is 5.97 Å². The summed E-state index contributed by atoms with van der Waals surface area (Å²) >= 11 is 11.8. The largest absolute Gasteiger partial charge is 0.493 e. The molecule has 0 saturated heterocycles. The number of ether oxygens (including phenoxy) is 3. The van der Waals surface area contributed by atoms with Crippen LogP contribution in [0.1, 0.15) is 12.8 Å². The van der Waals surface area contributed by atoms with E-state index in [0.29, 0.717) is 33.6 Å². The van der Waals surface area contributed by atoms with Crippen LogP contribution in [0.5, 0.6) is 17.2 Å². The summed E-state index contributed by atoms with van der Waals surface area (Å²) in [7, 11) is 1.56. The van der Waals surface area contributed by atoms with Crippen molar-refractivity contribution in [2.45, 2.75) is 12.8 Å². The maximum absolute atomic E-state index is 12.1. The quantitative estimate of drug-likeness (QED) is 0.335. The molecule has 35 heavy (non-hydrogen) atoms. The van der Waals surface area contributed by atoms with Crippen LogP contribution in [0.25, 0.3) is 0 Å². The first-order chi connectivity index (χ1) is 16.8. The van der Waals surface area contributed by atoms with E-state index in [2.05, 4.69) is 10.6 Å². The lowest BCUT2D eigenvalue weighted by Crippen LogP contribution is -2.22. The molecular weight excluding hydrogens is 495 g/mol. The highest BCUT2D eigenvalue weighted by molar-refractivity contribution is 6.36. The third kappa shape index (κ3) is 8.20. The van der Waals surface area contributed by atoms with Crippen molar-refractivity contribution in [1.82, 2.24) is 0 Å². The van der Waals surface area contributed by atoms with E-state index in [9.17, 15) is 14.4 Å². The van der Waals surface area contributed by atoms with Crippen molar-refractivity contribution in [3.63, 3.8) is 0 Å². The maximum atomic E-state index is 12.1. The summed E-state index contributed by atoms with van der Waals surface area (Å²) in [6.07, 6.45) is -0.293. The number of carbonyl (C=O) groups excluding carboxylic acids is 3. The highest BCUT2D eigenvalue weighted by Crippen LogP contribution is 2.31. The number of benzene rings is 3. The predicted molar refractivity (Wildman–Crippen MR) is 133 cm³/mol. The maximum Gasteiger partial charge on any atom is 0.306 e. The van der Waals surface area contributed by atoms with Gasteiger partial charge in [-0.1, -0.05) is 35.3 Å². The van der Waals surface area contributed by atoms with Gasteiger partial charge in [0.1, 0.15) is 5.75 Å². The summed E-state index contributed by atoms with van der Waals surface area (Å²) in [5.41, 5.74) is 0.880. The number of hydrogen-bond acceptors (Lipinski definition) is 6. The van der Waals surface area contributed by atoms with Crippen molar-refractivity contribution in [2.75, 3.05) is 24.4 Å². The van der Waals surface area contributed by atoms with Crippen LogP contribution in [0, 0.1) is 0 Å². The zero-order valence-corrected chi connectivity index (χ0v) is 20.2. The molecule has 0 aliphatic carbocycles. The summed E-state index contributed by atoms with van der Waals surface area (Å²) < 4.78 is 15.9. The fourth-order valence-corrected chi connectivity index (χ4v) is 3.33. The van der Waals surface area contributed by atoms with E-state index in [1.54, 1.807) is 49.6 Å². The lowest BCUT2D eigenvalue weighted by atomic mass is 10.2. The molecule has 2 amide bonds. The van der Waals surface area contributed by atoms with Crippen LogP contribution in [0.3, 0.4) is 0 Å². The number of esters is 1. The molecule has 3 aromatic carbocycles. The second-order valence-corrected chi connectivity index (χ2v) is 8.00. The van der Waals surface area contributed by atoms with Crippen molar-refractivity contribution in [2.24, 2.45) is 0 Å². The van der Waals surface area contributed by atoms with Crippen LogP contribution < -0.4 is 20.1 Å². The lowest BCUT2D eigenvalue weighted by Gasteiger charge is -2.11. The molecule has 3 rings (SSSR count). The average Bonchev–Trinajstić information content (AvgIpc) is 2.85. The molecule has 0 bridgehead atoms. The summed E-state index contributed by atoms with van der Waals surface area (Å²) in [6.45, 7) is -0.507. The molecule has 8 nitrogen and oxygen atoms in total. The van der Waals surface area contributed by atoms with Crippen molar-refractivity contribution in [3.05, 3.63) is 76.8 Å². The van der Waals surface area contributed by atoms with Crippen LogP contribution in [-0.4, -0.2) is 31.5 Å². The minimum Gasteiger partial charge on any atom is -0.493 e. The molecule has 0 aliphatic heterocycles. The van der Waals surface area contributed by atoms with E-state index in [4.69, 9.17) is 37.4 Å². The number of rotatable bonds is 10. The highest BCUT2D eigenvalue weighted by atomic mass is 35.5. The Balaban J connectivity index is 1.39. The first-order valence-corrected chi connectivity index (χ1v) is 11.2. The van der Waals surface area contributed by atoms with Gasteiger partial charge in [0.25, 0.3) is 5.91 Å². The molecule has 0 aromatic heterocycles. The van der Waals surface area contributed by atoms with Gasteiger partial charge in [0.05, 0.1) is 24.2 Å². The second-order valence-electron chi connectivity index (χ2n) is 7.16. The Labute approximate surface area is 212 Å². The van der Waals surface area contributed by atoms with Gasteiger partial charge in [0.2, 0.25) is 5.91 Å². The molecule has 0 spiro atoms. The molecule has 0 radical (unpaired) electrons. The number of carbonyl (C=O) groups is 3. The first kappa shape index (κ1) is 25.9. The van der Waals surface area contributed by atoms with Gasteiger partial charge in [-0.25, -0.2) is 0 Å². The Hall–Kier alpha value is -3.75. The molecule has 0 saturated carbocycles. The molecule has 0 heterocycles. The van der Waals surface area contributed by atoms with E-state index in [1.165, 1.54) is 12.1 Å². The molecule has 3 aromatic rings. The number of amides is 2. The standard InChI is InChI=1S/C25H22Cl2N2O6/c1-33-21-4-2-3-5-22(21)35-18-9-7-17(8-10-18)28-23(30)12-13-25(32)34-15-24(31)29-20-11-6-16(26)14-19(20)27/h2-11,14H,12-13,15H2,1H3,(H,28,30)(H,29,31). The minimum absolute atomic E-state index is 0.108. The number of methoxy groups -OCH3 is 1. The highest BCUT2D eigenvalue weighted by Gasteiger charge is 2.12. The van der Waals surface area contributed by atoms with Crippen molar-refractivity contribution >= 4 is 52.4 Å². The summed E-state index contributed by atoms with van der Waals surface area (Å²) in [5, 5.41) is 5.88. The molecular formula is C25H22Cl2N2O6. The monoisotopic (exact) mass is 516 g/mol. The molecule has 10 heteroatoms. The Morgan fingerprint density at radius 3 is 2.23 bits per heavy atom. The van der Waals surface area contributed by atoms with Crippen molar-refractivity contribution in [3.8, 4) is 17.2 Å². The zero-order valence-electron chi connectivity index (χ0n) is 18.7. The third-order valence-electron chi connectivity index (χ3n) is 4.56. The van der Waals surface area contributed by atoms with Gasteiger partial charge in [-0.05, 0) is 54.6 Å². The summed E-state index contributed by atoms with van der Waals surface area (Å²) in [5.74, 6) is 0.103. The first-order valence-electron chi connectivity index (χ1n) is 10.5. The molecule has 0 atom stereocenters. The number of para-hydroxylation sites is 2. The fourth-order valence-electron chi connectivity index (χ4n) is 2.87. The number of halogens is 2. The Bertz CT molecular complexity index is 1200. The molecule has 0 fully saturated rings. The lowest BCUT2D eigenvalue weighted by molar-refractivity contribution is -0.147. The second kappa shape index (κ2) is 12.6. The van der Waals surface area contributed by atoms with E-state index in [-0.39, 0.29) is 23.8 Å². The van der Waals surface area contributed by atoms with Gasteiger partial charge in [-0.15, -0.1) is 0 Å². The number of hydrogen-bond donors (Lipinski definition) is 2. The normalized spacial score (nSPS) is 10.3. The predicted octanol–water partition coefficient (Wildman–Crippen LogP) is 5.69. The Morgan fingerprint density at radius 2 is 1.54 bits per heavy atom. The van der Waals surface area contributed by atoms with E-state index < -0.39 is 18.5 Å². The average molecular weight is 517 g/mol. The molecule has 0 unspecified atom stereocenters. The SMILES string of the molecule is COc1ccccc1Oc1ccc(NC(=O)CCC(=O)OCC(=O)Nc2ccc(Cl)cc2Cl)cc1. The van der Waals surface area contributed by atoms with Crippen LogP contribution >= 0.6 is 23.2 Å². The van der Waals surface area contributed by atoms with Gasteiger partial charge in [0.15, 0.2) is 18.1 Å². The van der Waals surface area contributed by atoms with Crippen LogP contribution in [0.15, 0.2) is 66.7 Å². The fraction of sp³-hybridized carbons (Fsp3) is 0.160.